The van der Waals surface area contributed by atoms with Crippen molar-refractivity contribution in [1.82, 2.24) is 15.1 Å². The van der Waals surface area contributed by atoms with Crippen molar-refractivity contribution in [3.05, 3.63) is 0 Å². The Morgan fingerprint density at radius 3 is 3.10 bits per heavy atom. The highest BCUT2D eigenvalue weighted by atomic mass is 16.5. The second kappa shape index (κ2) is 6.00. The van der Waals surface area contributed by atoms with Crippen molar-refractivity contribution >= 4 is 5.91 Å². The Morgan fingerprint density at radius 2 is 2.30 bits per heavy atom. The third-order valence-corrected chi connectivity index (χ3v) is 4.73. The first-order valence-electron chi connectivity index (χ1n) is 8.01. The highest BCUT2D eigenvalue weighted by molar-refractivity contribution is 5.83. The number of fused-ring (bicyclic) bond motifs is 1. The lowest BCUT2D eigenvalue weighted by Crippen LogP contribution is -2.50. The van der Waals surface area contributed by atoms with Gasteiger partial charge in [0, 0.05) is 19.1 Å². The molecule has 3 saturated heterocycles. The highest BCUT2D eigenvalue weighted by Crippen LogP contribution is 2.23. The van der Waals surface area contributed by atoms with E-state index >= 15 is 0 Å². The number of hydrogen-bond acceptors (Lipinski definition) is 4. The molecule has 0 radical (unpaired) electrons. The molecule has 0 aromatic heterocycles. The van der Waals surface area contributed by atoms with E-state index in [-0.39, 0.29) is 18.1 Å². The zero-order valence-electron chi connectivity index (χ0n) is 12.7. The molecule has 3 aliphatic rings. The molecule has 0 saturated carbocycles. The van der Waals surface area contributed by atoms with Gasteiger partial charge in [0.2, 0.25) is 5.91 Å². The van der Waals surface area contributed by atoms with Crippen LogP contribution >= 0.6 is 0 Å². The molecule has 0 spiro atoms. The van der Waals surface area contributed by atoms with Crippen molar-refractivity contribution in [2.24, 2.45) is 5.92 Å². The standard InChI is InChI=1S/C15H27N3O2/c1-11(2)6-14-15(19)18(10-16-14)8-13-7-17-5-3-4-12(17)9-20-13/h11-14,16H,3-10H2,1-2H3. The average Bonchev–Trinajstić information content (AvgIpc) is 2.99. The molecule has 1 N–H and O–H groups in total. The van der Waals surface area contributed by atoms with Gasteiger partial charge in [0.1, 0.15) is 0 Å². The van der Waals surface area contributed by atoms with Gasteiger partial charge in [-0.2, -0.15) is 0 Å². The molecule has 3 fully saturated rings. The van der Waals surface area contributed by atoms with Gasteiger partial charge in [-0.3, -0.25) is 15.0 Å². The van der Waals surface area contributed by atoms with Gasteiger partial charge in [-0.1, -0.05) is 13.8 Å². The van der Waals surface area contributed by atoms with Gasteiger partial charge in [-0.25, -0.2) is 0 Å². The van der Waals surface area contributed by atoms with Gasteiger partial charge >= 0.3 is 0 Å². The highest BCUT2D eigenvalue weighted by Gasteiger charge is 2.36. The Balaban J connectivity index is 1.50. The van der Waals surface area contributed by atoms with E-state index < -0.39 is 0 Å². The molecule has 3 atom stereocenters. The second-order valence-corrected chi connectivity index (χ2v) is 6.85. The summed E-state index contributed by atoms with van der Waals surface area (Å²) in [6.45, 7) is 8.78. The number of nitrogens with zero attached hydrogens (tertiary/aromatic N) is 2. The van der Waals surface area contributed by atoms with Crippen LogP contribution in [0.5, 0.6) is 0 Å². The largest absolute Gasteiger partial charge is 0.373 e. The maximum atomic E-state index is 12.3. The zero-order valence-corrected chi connectivity index (χ0v) is 12.7. The predicted octanol–water partition coefficient (Wildman–Crippen LogP) is 0.654. The molecule has 0 bridgehead atoms. The summed E-state index contributed by atoms with van der Waals surface area (Å²) in [5.41, 5.74) is 0. The first-order chi connectivity index (χ1) is 9.63. The fourth-order valence-corrected chi connectivity index (χ4v) is 3.66. The molecule has 3 aliphatic heterocycles. The Bertz CT molecular complexity index is 361. The topological polar surface area (TPSA) is 44.8 Å². The molecular weight excluding hydrogens is 254 g/mol. The quantitative estimate of drug-likeness (QED) is 0.822. The van der Waals surface area contributed by atoms with Crippen molar-refractivity contribution in [2.75, 3.05) is 32.9 Å². The molecule has 3 unspecified atom stereocenters. The summed E-state index contributed by atoms with van der Waals surface area (Å²) in [6, 6.07) is 0.644. The van der Waals surface area contributed by atoms with E-state index in [9.17, 15) is 4.79 Å². The van der Waals surface area contributed by atoms with Crippen molar-refractivity contribution in [1.29, 1.82) is 0 Å². The fourth-order valence-electron chi connectivity index (χ4n) is 3.66. The minimum atomic E-state index is 0.0122. The Hall–Kier alpha value is -0.650. The van der Waals surface area contributed by atoms with Crippen molar-refractivity contribution in [3.63, 3.8) is 0 Å². The molecule has 114 valence electrons. The van der Waals surface area contributed by atoms with Crippen LogP contribution in [-0.4, -0.2) is 66.8 Å². The van der Waals surface area contributed by atoms with Crippen LogP contribution in [0.4, 0.5) is 0 Å². The van der Waals surface area contributed by atoms with Crippen LogP contribution in [0.15, 0.2) is 0 Å². The third-order valence-electron chi connectivity index (χ3n) is 4.73. The first kappa shape index (κ1) is 14.3. The number of carbonyl (C=O) groups is 1. The van der Waals surface area contributed by atoms with Gasteiger partial charge in [-0.05, 0) is 31.7 Å². The number of hydrogen-bond donors (Lipinski definition) is 1. The molecule has 0 aromatic rings. The number of ether oxygens (including phenoxy) is 1. The van der Waals surface area contributed by atoms with Crippen LogP contribution in [0.3, 0.4) is 0 Å². The smallest absolute Gasteiger partial charge is 0.240 e. The molecule has 5 nitrogen and oxygen atoms in total. The monoisotopic (exact) mass is 281 g/mol. The third kappa shape index (κ3) is 3.00. The van der Waals surface area contributed by atoms with Gasteiger partial charge < -0.3 is 9.64 Å². The van der Waals surface area contributed by atoms with Crippen molar-refractivity contribution in [2.45, 2.75) is 51.3 Å². The zero-order chi connectivity index (χ0) is 14.1. The minimum Gasteiger partial charge on any atom is -0.373 e. The molecule has 3 rings (SSSR count). The summed E-state index contributed by atoms with van der Waals surface area (Å²) in [4.78, 5) is 16.8. The minimum absolute atomic E-state index is 0.0122. The fraction of sp³-hybridized carbons (Fsp3) is 0.933. The second-order valence-electron chi connectivity index (χ2n) is 6.85. The van der Waals surface area contributed by atoms with Gasteiger partial charge in [0.15, 0.2) is 0 Å². The predicted molar refractivity (Wildman–Crippen MR) is 77.3 cm³/mol. The van der Waals surface area contributed by atoms with E-state index in [1.54, 1.807) is 0 Å². The van der Waals surface area contributed by atoms with E-state index in [4.69, 9.17) is 4.74 Å². The maximum Gasteiger partial charge on any atom is 0.240 e. The van der Waals surface area contributed by atoms with Crippen LogP contribution in [-0.2, 0) is 9.53 Å². The Morgan fingerprint density at radius 1 is 1.45 bits per heavy atom. The molecule has 0 aliphatic carbocycles. The van der Waals surface area contributed by atoms with Crippen LogP contribution in [0, 0.1) is 5.92 Å². The van der Waals surface area contributed by atoms with Crippen LogP contribution < -0.4 is 5.32 Å². The summed E-state index contributed by atoms with van der Waals surface area (Å²) in [5.74, 6) is 0.804. The summed E-state index contributed by atoms with van der Waals surface area (Å²) in [7, 11) is 0. The van der Waals surface area contributed by atoms with E-state index in [0.717, 1.165) is 26.1 Å². The Labute approximate surface area is 121 Å². The van der Waals surface area contributed by atoms with E-state index in [0.29, 0.717) is 18.6 Å². The van der Waals surface area contributed by atoms with E-state index in [1.165, 1.54) is 19.4 Å². The Kier molecular flexibility index (Phi) is 4.29. The summed E-state index contributed by atoms with van der Waals surface area (Å²) < 4.78 is 5.96. The lowest BCUT2D eigenvalue weighted by molar-refractivity contribution is -0.132. The number of rotatable bonds is 4. The molecule has 3 heterocycles. The maximum absolute atomic E-state index is 12.3. The average molecular weight is 281 g/mol. The normalized spacial score (nSPS) is 35.0. The molecule has 1 amide bonds. The summed E-state index contributed by atoms with van der Waals surface area (Å²) >= 11 is 0. The van der Waals surface area contributed by atoms with Gasteiger partial charge in [0.25, 0.3) is 0 Å². The molecule has 20 heavy (non-hydrogen) atoms. The number of carbonyl (C=O) groups excluding carboxylic acids is 1. The van der Waals surface area contributed by atoms with Crippen molar-refractivity contribution < 1.29 is 9.53 Å². The van der Waals surface area contributed by atoms with Gasteiger partial charge in [-0.15, -0.1) is 0 Å². The summed E-state index contributed by atoms with van der Waals surface area (Å²) in [5, 5.41) is 3.33. The molecule has 5 heteroatoms. The molecular formula is C15H27N3O2. The van der Waals surface area contributed by atoms with E-state index in [1.807, 2.05) is 4.90 Å². The lowest BCUT2D eigenvalue weighted by Gasteiger charge is -2.36. The molecule has 0 aromatic carbocycles. The van der Waals surface area contributed by atoms with Crippen LogP contribution in [0.25, 0.3) is 0 Å². The first-order valence-corrected chi connectivity index (χ1v) is 8.01. The number of nitrogens with one attached hydrogen (secondary N) is 1. The van der Waals surface area contributed by atoms with Gasteiger partial charge in [0.05, 0.1) is 25.4 Å². The number of morpholine rings is 1. The summed E-state index contributed by atoms with van der Waals surface area (Å²) in [6.07, 6.45) is 3.68. The SMILES string of the molecule is CC(C)CC1NCN(CC2CN3CCCC3CO2)C1=O. The lowest BCUT2D eigenvalue weighted by atomic mass is 10.0. The van der Waals surface area contributed by atoms with Crippen LogP contribution in [0.2, 0.25) is 0 Å². The van der Waals surface area contributed by atoms with Crippen LogP contribution in [0.1, 0.15) is 33.1 Å². The number of amides is 1. The van der Waals surface area contributed by atoms with Crippen molar-refractivity contribution in [3.8, 4) is 0 Å². The van der Waals surface area contributed by atoms with E-state index in [2.05, 4.69) is 24.1 Å².